The van der Waals surface area contributed by atoms with E-state index in [1.807, 2.05) is 0 Å². The Morgan fingerprint density at radius 2 is 2.03 bits per heavy atom. The molecule has 0 saturated heterocycles. The highest BCUT2D eigenvalue weighted by Gasteiger charge is 2.44. The summed E-state index contributed by atoms with van der Waals surface area (Å²) in [5.41, 5.74) is 1.19. The smallest absolute Gasteiger partial charge is 0.290 e. The van der Waals surface area contributed by atoms with Gasteiger partial charge in [-0.15, -0.1) is 11.3 Å². The molecule has 1 N–H and O–H groups in total. The van der Waals surface area contributed by atoms with Gasteiger partial charge >= 0.3 is 0 Å². The van der Waals surface area contributed by atoms with E-state index in [4.69, 9.17) is 27.9 Å². The normalized spacial score (nSPS) is 16.8. The molecule has 1 aromatic carbocycles. The molecule has 1 amide bonds. The minimum atomic E-state index is -0.775. The molecule has 154 valence electrons. The largest absolute Gasteiger partial charge is 0.503 e. The van der Waals surface area contributed by atoms with Crippen LogP contribution in [0.3, 0.4) is 0 Å². The number of hydrogen-bond acceptors (Lipinski definition) is 6. The molecule has 2 heterocycles. The minimum Gasteiger partial charge on any atom is -0.503 e. The van der Waals surface area contributed by atoms with Gasteiger partial charge < -0.3 is 14.7 Å². The lowest BCUT2D eigenvalue weighted by Gasteiger charge is -2.27. The molecule has 6 nitrogen and oxygen atoms in total. The summed E-state index contributed by atoms with van der Waals surface area (Å²) < 4.78 is 5.08. The van der Waals surface area contributed by atoms with Crippen LogP contribution in [0.25, 0.3) is 0 Å². The molecule has 1 atom stereocenters. The number of carbonyl (C=O) groups excluding carboxylic acids is 2. The fraction of sp³-hybridized carbons (Fsp3) is 0.350. The predicted molar refractivity (Wildman–Crippen MR) is 113 cm³/mol. The number of benzene rings is 1. The number of carbonyl (C=O) groups is 2. The summed E-state index contributed by atoms with van der Waals surface area (Å²) in [6, 6.07) is 4.15. The first kappa shape index (κ1) is 21.8. The van der Waals surface area contributed by atoms with Gasteiger partial charge in [0.2, 0.25) is 5.78 Å². The van der Waals surface area contributed by atoms with E-state index in [2.05, 4.69) is 4.98 Å². The molecule has 0 spiro atoms. The molecule has 1 aromatic heterocycles. The van der Waals surface area contributed by atoms with Gasteiger partial charge in [-0.1, -0.05) is 29.3 Å². The maximum absolute atomic E-state index is 13.3. The molecule has 29 heavy (non-hydrogen) atoms. The van der Waals surface area contributed by atoms with E-state index in [1.54, 1.807) is 39.2 Å². The van der Waals surface area contributed by atoms with Crippen LogP contribution < -0.4 is 0 Å². The van der Waals surface area contributed by atoms with Crippen LogP contribution in [-0.2, 0) is 9.53 Å². The number of aryl methyl sites for hydroxylation is 2. The summed E-state index contributed by atoms with van der Waals surface area (Å²) in [5, 5.41) is 12.0. The highest BCUT2D eigenvalue weighted by atomic mass is 35.5. The Labute approximate surface area is 182 Å². The molecule has 1 aliphatic rings. The number of Topliss-reactive ketones (excluding diaryl/α,β-unsaturated/α-hetero) is 1. The number of hydrogen-bond donors (Lipinski definition) is 1. The van der Waals surface area contributed by atoms with E-state index in [9.17, 15) is 14.7 Å². The van der Waals surface area contributed by atoms with Crippen LogP contribution in [0.4, 0.5) is 0 Å². The van der Waals surface area contributed by atoms with Gasteiger partial charge in [0.1, 0.15) is 0 Å². The summed E-state index contributed by atoms with van der Waals surface area (Å²) in [5.74, 6) is -1.56. The molecular formula is C20H20Cl2N2O4S. The number of aromatic nitrogens is 1. The van der Waals surface area contributed by atoms with Crippen molar-refractivity contribution in [3.63, 3.8) is 0 Å². The molecule has 0 fully saturated rings. The number of aliphatic hydroxyl groups is 1. The Morgan fingerprint density at radius 3 is 2.62 bits per heavy atom. The molecule has 0 aliphatic carbocycles. The zero-order chi connectivity index (χ0) is 21.3. The lowest BCUT2D eigenvalue weighted by atomic mass is 9.95. The van der Waals surface area contributed by atoms with Crippen molar-refractivity contribution in [2.45, 2.75) is 26.3 Å². The Balaban J connectivity index is 2.09. The van der Waals surface area contributed by atoms with Crippen molar-refractivity contribution >= 4 is 46.2 Å². The van der Waals surface area contributed by atoms with Gasteiger partial charge in [-0.2, -0.15) is 0 Å². The molecule has 1 unspecified atom stereocenters. The van der Waals surface area contributed by atoms with Crippen molar-refractivity contribution in [1.82, 2.24) is 9.88 Å². The van der Waals surface area contributed by atoms with Gasteiger partial charge in [-0.05, 0) is 38.0 Å². The molecule has 2 aromatic rings. The Morgan fingerprint density at radius 1 is 1.31 bits per heavy atom. The zero-order valence-electron chi connectivity index (χ0n) is 16.2. The highest BCUT2D eigenvalue weighted by molar-refractivity contribution is 7.14. The van der Waals surface area contributed by atoms with Crippen LogP contribution in [0, 0.1) is 13.8 Å². The number of ether oxygens (including phenoxy) is 1. The second-order valence-corrected chi connectivity index (χ2v) is 8.68. The van der Waals surface area contributed by atoms with Crippen LogP contribution in [-0.4, -0.2) is 46.9 Å². The standard InChI is InChI=1S/C20H20Cl2N2O4S/c1-10-19(29-11(2)23-10)17(25)15-16(12-5-6-13(21)14(22)9-12)24(7-4-8-28-3)20(27)18(15)26/h5-6,9,16,26H,4,7-8H2,1-3H3. The molecular weight excluding hydrogens is 435 g/mol. The topological polar surface area (TPSA) is 79.7 Å². The SMILES string of the molecule is COCCCN1C(=O)C(O)=C(C(=O)c2sc(C)nc2C)C1c1ccc(Cl)c(Cl)c1. The van der Waals surface area contributed by atoms with Crippen LogP contribution >= 0.6 is 34.5 Å². The van der Waals surface area contributed by atoms with Crippen molar-refractivity contribution in [3.8, 4) is 0 Å². The van der Waals surface area contributed by atoms with Crippen molar-refractivity contribution in [2.75, 3.05) is 20.3 Å². The van der Waals surface area contributed by atoms with Gasteiger partial charge in [0.25, 0.3) is 5.91 Å². The van der Waals surface area contributed by atoms with Crippen molar-refractivity contribution in [1.29, 1.82) is 0 Å². The predicted octanol–water partition coefficient (Wildman–Crippen LogP) is 4.68. The first-order chi connectivity index (χ1) is 13.8. The number of thiazole rings is 1. The molecule has 0 bridgehead atoms. The van der Waals surface area contributed by atoms with Gasteiger partial charge in [-0.3, -0.25) is 9.59 Å². The summed E-state index contributed by atoms with van der Waals surface area (Å²) >= 11 is 13.5. The Kier molecular flexibility index (Phi) is 6.63. The number of aliphatic hydroxyl groups excluding tert-OH is 1. The molecule has 9 heteroatoms. The van der Waals surface area contributed by atoms with Gasteiger partial charge in [-0.25, -0.2) is 4.98 Å². The molecule has 0 radical (unpaired) electrons. The van der Waals surface area contributed by atoms with Crippen LogP contribution in [0.5, 0.6) is 0 Å². The molecule has 1 aliphatic heterocycles. The number of amides is 1. The molecule has 0 saturated carbocycles. The van der Waals surface area contributed by atoms with Crippen molar-refractivity contribution in [2.24, 2.45) is 0 Å². The average Bonchev–Trinajstić information content (AvgIpc) is 3.14. The van der Waals surface area contributed by atoms with E-state index in [1.165, 1.54) is 16.2 Å². The van der Waals surface area contributed by atoms with Crippen LogP contribution in [0.2, 0.25) is 10.0 Å². The zero-order valence-corrected chi connectivity index (χ0v) is 18.5. The third-order valence-electron chi connectivity index (χ3n) is 4.66. The summed E-state index contributed by atoms with van der Waals surface area (Å²) in [7, 11) is 1.57. The van der Waals surface area contributed by atoms with Crippen molar-refractivity contribution < 1.29 is 19.4 Å². The van der Waals surface area contributed by atoms with Gasteiger partial charge in [0.15, 0.2) is 5.76 Å². The summed E-state index contributed by atoms with van der Waals surface area (Å²) in [6.45, 7) is 4.28. The molecule has 3 rings (SSSR count). The number of ketones is 1. The number of halogens is 2. The maximum Gasteiger partial charge on any atom is 0.290 e. The quantitative estimate of drug-likeness (QED) is 0.485. The first-order valence-corrected chi connectivity index (χ1v) is 10.5. The van der Waals surface area contributed by atoms with Gasteiger partial charge in [0.05, 0.1) is 37.2 Å². The Hall–Kier alpha value is -1.93. The monoisotopic (exact) mass is 454 g/mol. The maximum atomic E-state index is 13.3. The lowest BCUT2D eigenvalue weighted by Crippen LogP contribution is -2.32. The summed E-state index contributed by atoms with van der Waals surface area (Å²) in [4.78, 5) is 32.3. The third-order valence-corrected chi connectivity index (χ3v) is 6.48. The lowest BCUT2D eigenvalue weighted by molar-refractivity contribution is -0.129. The van der Waals surface area contributed by atoms with Crippen LogP contribution in [0.15, 0.2) is 29.5 Å². The van der Waals surface area contributed by atoms with E-state index in [0.29, 0.717) is 45.8 Å². The summed E-state index contributed by atoms with van der Waals surface area (Å²) in [6.07, 6.45) is 0.549. The number of rotatable bonds is 7. The number of nitrogens with zero attached hydrogens (tertiary/aromatic N) is 2. The fourth-order valence-corrected chi connectivity index (χ4v) is 4.57. The van der Waals surface area contributed by atoms with E-state index in [-0.39, 0.29) is 5.57 Å². The van der Waals surface area contributed by atoms with E-state index in [0.717, 1.165) is 5.01 Å². The first-order valence-electron chi connectivity index (χ1n) is 8.93. The Bertz CT molecular complexity index is 1000. The minimum absolute atomic E-state index is 0.0255. The third kappa shape index (κ3) is 4.19. The highest BCUT2D eigenvalue weighted by Crippen LogP contribution is 2.41. The number of methoxy groups -OCH3 is 1. The van der Waals surface area contributed by atoms with Gasteiger partial charge in [0, 0.05) is 20.3 Å². The average molecular weight is 455 g/mol. The van der Waals surface area contributed by atoms with Crippen LogP contribution in [0.1, 0.15) is 38.4 Å². The fourth-order valence-electron chi connectivity index (χ4n) is 3.39. The van der Waals surface area contributed by atoms with Crippen molar-refractivity contribution in [3.05, 3.63) is 60.7 Å². The van der Waals surface area contributed by atoms with E-state index < -0.39 is 23.5 Å². The van der Waals surface area contributed by atoms with E-state index >= 15 is 0 Å². The second kappa shape index (κ2) is 8.83. The second-order valence-electron chi connectivity index (χ2n) is 6.66.